The van der Waals surface area contributed by atoms with Gasteiger partial charge in [-0.25, -0.2) is 0 Å². The number of hydrogen-bond donors (Lipinski definition) is 2. The summed E-state index contributed by atoms with van der Waals surface area (Å²) in [5.74, 6) is -0.00969. The minimum absolute atomic E-state index is 0.00969. The van der Waals surface area contributed by atoms with Gasteiger partial charge in [0.25, 0.3) is 0 Å². The standard InChI is InChI=1S/C12H20N4O/c1-4-16(9(2)8-17-3)10-5-6-11(12(13)14)15-7-10/h5-7,9H,4,8H2,1-3H3,(H3,13,14). The molecule has 0 aromatic carbocycles. The van der Waals surface area contributed by atoms with Crippen LogP contribution in [0.2, 0.25) is 0 Å². The van der Waals surface area contributed by atoms with Crippen molar-refractivity contribution < 1.29 is 4.74 Å². The van der Waals surface area contributed by atoms with Crippen LogP contribution in [0.3, 0.4) is 0 Å². The number of rotatable bonds is 6. The predicted octanol–water partition coefficient (Wildman–Crippen LogP) is 1.23. The number of pyridine rings is 1. The zero-order valence-corrected chi connectivity index (χ0v) is 10.6. The van der Waals surface area contributed by atoms with Crippen molar-refractivity contribution in [1.29, 1.82) is 5.41 Å². The van der Waals surface area contributed by atoms with Crippen LogP contribution in [0.5, 0.6) is 0 Å². The van der Waals surface area contributed by atoms with E-state index >= 15 is 0 Å². The second kappa shape index (κ2) is 6.20. The third kappa shape index (κ3) is 3.42. The Labute approximate surface area is 102 Å². The lowest BCUT2D eigenvalue weighted by Gasteiger charge is -2.29. The van der Waals surface area contributed by atoms with Gasteiger partial charge in [0.15, 0.2) is 0 Å². The van der Waals surface area contributed by atoms with Crippen LogP contribution >= 0.6 is 0 Å². The van der Waals surface area contributed by atoms with Gasteiger partial charge >= 0.3 is 0 Å². The third-order valence-corrected chi connectivity index (χ3v) is 2.64. The number of aromatic nitrogens is 1. The average Bonchev–Trinajstić information content (AvgIpc) is 2.31. The van der Waals surface area contributed by atoms with Crippen LogP contribution < -0.4 is 10.6 Å². The molecule has 17 heavy (non-hydrogen) atoms. The van der Waals surface area contributed by atoms with Crippen molar-refractivity contribution >= 4 is 11.5 Å². The smallest absolute Gasteiger partial charge is 0.141 e. The molecule has 1 aromatic heterocycles. The molecule has 0 saturated heterocycles. The Morgan fingerprint density at radius 1 is 1.59 bits per heavy atom. The van der Waals surface area contributed by atoms with Gasteiger partial charge in [-0.05, 0) is 26.0 Å². The van der Waals surface area contributed by atoms with Crippen LogP contribution in [-0.4, -0.2) is 37.1 Å². The molecule has 94 valence electrons. The van der Waals surface area contributed by atoms with E-state index in [1.807, 2.05) is 6.07 Å². The molecule has 0 aliphatic carbocycles. The zero-order chi connectivity index (χ0) is 12.8. The molecule has 0 aliphatic heterocycles. The van der Waals surface area contributed by atoms with Gasteiger partial charge in [-0.1, -0.05) is 0 Å². The first-order chi connectivity index (χ1) is 8.10. The fraction of sp³-hybridized carbons (Fsp3) is 0.500. The van der Waals surface area contributed by atoms with Crippen molar-refractivity contribution in [3.05, 3.63) is 24.0 Å². The molecule has 1 atom stereocenters. The molecule has 0 aliphatic rings. The fourth-order valence-electron chi connectivity index (χ4n) is 1.80. The number of methoxy groups -OCH3 is 1. The lowest BCUT2D eigenvalue weighted by Crippen LogP contribution is -2.36. The first-order valence-corrected chi connectivity index (χ1v) is 5.66. The highest BCUT2D eigenvalue weighted by Crippen LogP contribution is 2.16. The highest BCUT2D eigenvalue weighted by Gasteiger charge is 2.13. The topological polar surface area (TPSA) is 75.2 Å². The van der Waals surface area contributed by atoms with Gasteiger partial charge in [-0.15, -0.1) is 0 Å². The highest BCUT2D eigenvalue weighted by molar-refractivity contribution is 5.93. The van der Waals surface area contributed by atoms with E-state index in [1.165, 1.54) is 0 Å². The minimum atomic E-state index is -0.00969. The van der Waals surface area contributed by atoms with Crippen molar-refractivity contribution in [2.75, 3.05) is 25.2 Å². The van der Waals surface area contributed by atoms with Gasteiger partial charge in [-0.2, -0.15) is 0 Å². The normalized spacial score (nSPS) is 12.2. The van der Waals surface area contributed by atoms with Crippen molar-refractivity contribution in [1.82, 2.24) is 4.98 Å². The number of amidine groups is 1. The number of likely N-dealkylation sites (N-methyl/N-ethyl adjacent to an activating group) is 1. The Hall–Kier alpha value is -1.62. The molecule has 1 aromatic rings. The lowest BCUT2D eigenvalue weighted by atomic mass is 10.2. The maximum atomic E-state index is 7.29. The van der Waals surface area contributed by atoms with Crippen LogP contribution in [0.25, 0.3) is 0 Å². The Morgan fingerprint density at radius 3 is 2.71 bits per heavy atom. The van der Waals surface area contributed by atoms with Gasteiger partial charge in [0.2, 0.25) is 0 Å². The Bertz CT molecular complexity index is 363. The third-order valence-electron chi connectivity index (χ3n) is 2.64. The number of nitrogens with one attached hydrogen (secondary N) is 1. The average molecular weight is 236 g/mol. The Balaban J connectivity index is 2.85. The molecule has 0 fully saturated rings. The van der Waals surface area contributed by atoms with Crippen LogP contribution in [0.1, 0.15) is 19.5 Å². The summed E-state index contributed by atoms with van der Waals surface area (Å²) >= 11 is 0. The molecule has 0 saturated carbocycles. The molecule has 1 rings (SSSR count). The summed E-state index contributed by atoms with van der Waals surface area (Å²) in [6.07, 6.45) is 1.74. The number of anilines is 1. The van der Waals surface area contributed by atoms with E-state index in [4.69, 9.17) is 15.9 Å². The van der Waals surface area contributed by atoms with E-state index in [0.717, 1.165) is 12.2 Å². The molecule has 0 spiro atoms. The summed E-state index contributed by atoms with van der Waals surface area (Å²) in [5.41, 5.74) is 6.89. The summed E-state index contributed by atoms with van der Waals surface area (Å²) in [4.78, 5) is 6.35. The second-order valence-corrected chi connectivity index (χ2v) is 3.91. The zero-order valence-electron chi connectivity index (χ0n) is 10.6. The summed E-state index contributed by atoms with van der Waals surface area (Å²) in [7, 11) is 1.70. The molecule has 0 bridgehead atoms. The van der Waals surface area contributed by atoms with E-state index in [0.29, 0.717) is 12.3 Å². The van der Waals surface area contributed by atoms with E-state index in [9.17, 15) is 0 Å². The number of hydrogen-bond acceptors (Lipinski definition) is 4. The van der Waals surface area contributed by atoms with Crippen molar-refractivity contribution in [3.63, 3.8) is 0 Å². The van der Waals surface area contributed by atoms with E-state index in [2.05, 4.69) is 23.7 Å². The van der Waals surface area contributed by atoms with E-state index < -0.39 is 0 Å². The van der Waals surface area contributed by atoms with Crippen molar-refractivity contribution in [2.45, 2.75) is 19.9 Å². The van der Waals surface area contributed by atoms with Crippen molar-refractivity contribution in [3.8, 4) is 0 Å². The molecular formula is C12H20N4O. The molecule has 0 amide bonds. The largest absolute Gasteiger partial charge is 0.383 e. The summed E-state index contributed by atoms with van der Waals surface area (Å²) in [6.45, 7) is 5.74. The van der Waals surface area contributed by atoms with Gasteiger partial charge in [-0.3, -0.25) is 10.4 Å². The van der Waals surface area contributed by atoms with Gasteiger partial charge < -0.3 is 15.4 Å². The second-order valence-electron chi connectivity index (χ2n) is 3.91. The maximum Gasteiger partial charge on any atom is 0.141 e. The Morgan fingerprint density at radius 2 is 2.29 bits per heavy atom. The maximum absolute atomic E-state index is 7.29. The van der Waals surface area contributed by atoms with E-state index in [1.54, 1.807) is 19.4 Å². The summed E-state index contributed by atoms with van der Waals surface area (Å²) < 4.78 is 5.15. The highest BCUT2D eigenvalue weighted by atomic mass is 16.5. The minimum Gasteiger partial charge on any atom is -0.383 e. The fourth-order valence-corrected chi connectivity index (χ4v) is 1.80. The first kappa shape index (κ1) is 13.4. The molecule has 5 heteroatoms. The number of ether oxygens (including phenoxy) is 1. The van der Waals surface area contributed by atoms with Crippen LogP contribution in [-0.2, 0) is 4.74 Å². The number of nitrogen functional groups attached to an aromatic ring is 1. The SMILES string of the molecule is CCN(c1ccc(C(=N)N)nc1)C(C)COC. The number of nitrogens with two attached hydrogens (primary N) is 1. The van der Waals surface area contributed by atoms with Gasteiger partial charge in [0, 0.05) is 19.7 Å². The number of nitrogens with zero attached hydrogens (tertiary/aromatic N) is 2. The van der Waals surface area contributed by atoms with Crippen LogP contribution in [0.15, 0.2) is 18.3 Å². The monoisotopic (exact) mass is 236 g/mol. The van der Waals surface area contributed by atoms with Gasteiger partial charge in [0.1, 0.15) is 11.5 Å². The molecular weight excluding hydrogens is 216 g/mol. The predicted molar refractivity (Wildman–Crippen MR) is 69.6 cm³/mol. The quantitative estimate of drug-likeness (QED) is 0.575. The molecule has 0 radical (unpaired) electrons. The lowest BCUT2D eigenvalue weighted by molar-refractivity contribution is 0.182. The summed E-state index contributed by atoms with van der Waals surface area (Å²) in [5, 5.41) is 7.29. The Kier molecular flexibility index (Phi) is 4.90. The summed E-state index contributed by atoms with van der Waals surface area (Å²) in [6, 6.07) is 3.98. The van der Waals surface area contributed by atoms with Crippen LogP contribution in [0.4, 0.5) is 5.69 Å². The molecule has 1 heterocycles. The van der Waals surface area contributed by atoms with Crippen LogP contribution in [0, 0.1) is 5.41 Å². The van der Waals surface area contributed by atoms with Gasteiger partial charge in [0.05, 0.1) is 18.5 Å². The van der Waals surface area contributed by atoms with Crippen molar-refractivity contribution in [2.24, 2.45) is 5.73 Å². The first-order valence-electron chi connectivity index (χ1n) is 5.66. The molecule has 5 nitrogen and oxygen atoms in total. The molecule has 3 N–H and O–H groups in total. The van der Waals surface area contributed by atoms with E-state index in [-0.39, 0.29) is 11.9 Å². The molecule has 1 unspecified atom stereocenters.